The maximum atomic E-state index is 12.6. The fourth-order valence-electron chi connectivity index (χ4n) is 3.38. The van der Waals surface area contributed by atoms with Crippen LogP contribution in [0.25, 0.3) is 11.2 Å². The highest BCUT2D eigenvalue weighted by Gasteiger charge is 2.20. The molecule has 8 heteroatoms. The lowest BCUT2D eigenvalue weighted by molar-refractivity contribution is -0.134. The summed E-state index contributed by atoms with van der Waals surface area (Å²) >= 11 is 0. The molecule has 160 valence electrons. The molecule has 0 fully saturated rings. The molecule has 3 aromatic rings. The van der Waals surface area contributed by atoms with Crippen molar-refractivity contribution in [1.82, 2.24) is 19.1 Å². The van der Waals surface area contributed by atoms with Crippen molar-refractivity contribution in [2.24, 2.45) is 5.92 Å². The number of benzene rings is 1. The maximum absolute atomic E-state index is 12.6. The number of aryl methyl sites for hydroxylation is 2. The van der Waals surface area contributed by atoms with E-state index < -0.39 is 11.2 Å². The van der Waals surface area contributed by atoms with Gasteiger partial charge < -0.3 is 9.30 Å². The summed E-state index contributed by atoms with van der Waals surface area (Å²) in [4.78, 5) is 44.3. The first-order chi connectivity index (χ1) is 14.4. The maximum Gasteiger partial charge on any atom is 0.330 e. The van der Waals surface area contributed by atoms with E-state index in [0.717, 1.165) is 12.8 Å². The number of hydrogen-bond donors (Lipinski definition) is 1. The fourth-order valence-corrected chi connectivity index (χ4v) is 3.38. The van der Waals surface area contributed by atoms with E-state index in [0.29, 0.717) is 42.2 Å². The zero-order valence-electron chi connectivity index (χ0n) is 17.7. The van der Waals surface area contributed by atoms with Crippen molar-refractivity contribution in [2.45, 2.75) is 59.5 Å². The van der Waals surface area contributed by atoms with Crippen molar-refractivity contribution in [2.75, 3.05) is 0 Å². The van der Waals surface area contributed by atoms with E-state index in [-0.39, 0.29) is 18.3 Å². The SMILES string of the molecule is CCCCn1c(=O)[nH]c(=O)c2c1nc(CCC(=O)Oc1ccccc1)n2CC(C)C. The molecule has 3 rings (SSSR count). The number of nitrogens with one attached hydrogen (secondary N) is 1. The second-order valence-electron chi connectivity index (χ2n) is 7.76. The average Bonchev–Trinajstić information content (AvgIpc) is 3.05. The highest BCUT2D eigenvalue weighted by Crippen LogP contribution is 2.17. The predicted molar refractivity (Wildman–Crippen MR) is 115 cm³/mol. The normalized spacial score (nSPS) is 11.3. The second-order valence-corrected chi connectivity index (χ2v) is 7.76. The summed E-state index contributed by atoms with van der Waals surface area (Å²) in [5.74, 6) is 0.975. The summed E-state index contributed by atoms with van der Waals surface area (Å²) in [5.41, 5.74) is -0.144. The lowest BCUT2D eigenvalue weighted by Crippen LogP contribution is -2.31. The summed E-state index contributed by atoms with van der Waals surface area (Å²) in [7, 11) is 0. The number of hydrogen-bond acceptors (Lipinski definition) is 5. The van der Waals surface area contributed by atoms with Crippen LogP contribution in [0.5, 0.6) is 5.75 Å². The molecule has 0 aliphatic carbocycles. The minimum Gasteiger partial charge on any atom is -0.427 e. The summed E-state index contributed by atoms with van der Waals surface area (Å²) in [6, 6.07) is 8.88. The molecule has 0 saturated heterocycles. The molecule has 1 aromatic carbocycles. The van der Waals surface area contributed by atoms with Crippen LogP contribution in [0.1, 0.15) is 45.9 Å². The summed E-state index contributed by atoms with van der Waals surface area (Å²) in [6.45, 7) is 7.17. The number of H-pyrrole nitrogens is 1. The number of para-hydroxylation sites is 1. The third kappa shape index (κ3) is 4.87. The largest absolute Gasteiger partial charge is 0.427 e. The molecule has 0 amide bonds. The molecule has 0 radical (unpaired) electrons. The summed E-state index contributed by atoms with van der Waals surface area (Å²) in [6.07, 6.45) is 2.15. The molecule has 0 aliphatic heterocycles. The molecule has 8 nitrogen and oxygen atoms in total. The number of aromatic nitrogens is 4. The Morgan fingerprint density at radius 3 is 2.57 bits per heavy atom. The number of carbonyl (C=O) groups excluding carboxylic acids is 1. The van der Waals surface area contributed by atoms with Gasteiger partial charge in [-0.25, -0.2) is 9.78 Å². The highest BCUT2D eigenvalue weighted by atomic mass is 16.5. The average molecular weight is 412 g/mol. The minimum atomic E-state index is -0.454. The molecule has 2 aromatic heterocycles. The van der Waals surface area contributed by atoms with Crippen LogP contribution in [-0.4, -0.2) is 25.1 Å². The van der Waals surface area contributed by atoms with Gasteiger partial charge in [-0.1, -0.05) is 45.4 Å². The van der Waals surface area contributed by atoms with E-state index in [1.54, 1.807) is 24.3 Å². The number of nitrogens with zero attached hydrogens (tertiary/aromatic N) is 3. The number of esters is 1. The molecule has 30 heavy (non-hydrogen) atoms. The Morgan fingerprint density at radius 1 is 1.17 bits per heavy atom. The molecule has 0 bridgehead atoms. The number of rotatable bonds is 9. The van der Waals surface area contributed by atoms with Gasteiger partial charge in [0.1, 0.15) is 11.6 Å². The topological polar surface area (TPSA) is 99.0 Å². The van der Waals surface area contributed by atoms with E-state index in [2.05, 4.69) is 9.97 Å². The van der Waals surface area contributed by atoms with Gasteiger partial charge in [0, 0.05) is 19.5 Å². The summed E-state index contributed by atoms with van der Waals surface area (Å²) in [5, 5.41) is 0. The molecule has 0 saturated carbocycles. The second kappa shape index (κ2) is 9.56. The lowest BCUT2D eigenvalue weighted by Gasteiger charge is -2.11. The molecule has 0 atom stereocenters. The van der Waals surface area contributed by atoms with Crippen molar-refractivity contribution in [1.29, 1.82) is 0 Å². The minimum absolute atomic E-state index is 0.118. The van der Waals surface area contributed by atoms with E-state index in [1.807, 2.05) is 31.4 Å². The Labute approximate surface area is 174 Å². The van der Waals surface area contributed by atoms with Gasteiger partial charge in [0.05, 0.1) is 6.42 Å². The number of imidazole rings is 1. The van der Waals surface area contributed by atoms with E-state index in [4.69, 9.17) is 4.74 Å². The van der Waals surface area contributed by atoms with Gasteiger partial charge >= 0.3 is 11.7 Å². The Hall–Kier alpha value is -3.16. The first kappa shape index (κ1) is 21.5. The van der Waals surface area contributed by atoms with E-state index >= 15 is 0 Å². The smallest absolute Gasteiger partial charge is 0.330 e. The van der Waals surface area contributed by atoms with Gasteiger partial charge in [-0.15, -0.1) is 0 Å². The van der Waals surface area contributed by atoms with Crippen LogP contribution in [0, 0.1) is 5.92 Å². The van der Waals surface area contributed by atoms with Crippen LogP contribution in [0.4, 0.5) is 0 Å². The Kier molecular flexibility index (Phi) is 6.87. The molecule has 1 N–H and O–H groups in total. The molecule has 0 aliphatic rings. The number of fused-ring (bicyclic) bond motifs is 1. The van der Waals surface area contributed by atoms with Gasteiger partial charge in [-0.05, 0) is 24.5 Å². The van der Waals surface area contributed by atoms with Crippen LogP contribution in [-0.2, 0) is 24.3 Å². The van der Waals surface area contributed by atoms with Gasteiger partial charge in [0.15, 0.2) is 11.2 Å². The molecular formula is C22H28N4O4. The molecular weight excluding hydrogens is 384 g/mol. The van der Waals surface area contributed by atoms with Gasteiger partial charge in [0.25, 0.3) is 5.56 Å². The van der Waals surface area contributed by atoms with Crippen molar-refractivity contribution in [3.05, 3.63) is 57.0 Å². The summed E-state index contributed by atoms with van der Waals surface area (Å²) < 4.78 is 8.70. The molecule has 0 unspecified atom stereocenters. The Morgan fingerprint density at radius 2 is 1.90 bits per heavy atom. The van der Waals surface area contributed by atoms with Crippen LogP contribution in [0.3, 0.4) is 0 Å². The monoisotopic (exact) mass is 412 g/mol. The van der Waals surface area contributed by atoms with Crippen molar-refractivity contribution in [3.8, 4) is 5.75 Å². The van der Waals surface area contributed by atoms with Crippen molar-refractivity contribution in [3.63, 3.8) is 0 Å². The van der Waals surface area contributed by atoms with Gasteiger partial charge in [0.2, 0.25) is 0 Å². The zero-order chi connectivity index (χ0) is 21.7. The standard InChI is InChI=1S/C22H28N4O4/c1-4-5-13-25-20-19(21(28)24-22(25)29)26(14-15(2)3)17(23-20)11-12-18(27)30-16-9-7-6-8-10-16/h6-10,15H,4-5,11-14H2,1-3H3,(H,24,28,29). The van der Waals surface area contributed by atoms with Crippen LogP contribution in [0.2, 0.25) is 0 Å². The number of carbonyl (C=O) groups is 1. The molecule has 2 heterocycles. The van der Waals surface area contributed by atoms with Gasteiger partial charge in [-0.2, -0.15) is 0 Å². The first-order valence-electron chi connectivity index (χ1n) is 10.4. The third-order valence-electron chi connectivity index (χ3n) is 4.78. The third-order valence-corrected chi connectivity index (χ3v) is 4.78. The van der Waals surface area contributed by atoms with Crippen LogP contribution >= 0.6 is 0 Å². The van der Waals surface area contributed by atoms with Crippen LogP contribution < -0.4 is 16.0 Å². The molecule has 0 spiro atoms. The Balaban J connectivity index is 1.94. The fraction of sp³-hybridized carbons (Fsp3) is 0.455. The number of unbranched alkanes of at least 4 members (excludes halogenated alkanes) is 1. The number of aromatic amines is 1. The Bertz CT molecular complexity index is 1130. The quantitative estimate of drug-likeness (QED) is 0.430. The first-order valence-corrected chi connectivity index (χ1v) is 10.4. The van der Waals surface area contributed by atoms with Crippen molar-refractivity contribution < 1.29 is 9.53 Å². The van der Waals surface area contributed by atoms with Crippen LogP contribution in [0.15, 0.2) is 39.9 Å². The number of ether oxygens (including phenoxy) is 1. The van der Waals surface area contributed by atoms with Gasteiger partial charge in [-0.3, -0.25) is 19.1 Å². The van der Waals surface area contributed by atoms with E-state index in [1.165, 1.54) is 4.57 Å². The van der Waals surface area contributed by atoms with E-state index in [9.17, 15) is 14.4 Å². The lowest BCUT2D eigenvalue weighted by atomic mass is 10.2. The van der Waals surface area contributed by atoms with Crippen molar-refractivity contribution >= 4 is 17.1 Å². The zero-order valence-corrected chi connectivity index (χ0v) is 17.7. The predicted octanol–water partition coefficient (Wildman–Crippen LogP) is 2.88. The highest BCUT2D eigenvalue weighted by molar-refractivity contribution is 5.73.